The Kier molecular flexibility index (Phi) is 2.47. The lowest BCUT2D eigenvalue weighted by atomic mass is 10.0. The van der Waals surface area contributed by atoms with Crippen LogP contribution in [0.4, 0.5) is 5.69 Å². The number of pyridine rings is 1. The van der Waals surface area contributed by atoms with Crippen molar-refractivity contribution in [1.29, 1.82) is 0 Å². The quantitative estimate of drug-likeness (QED) is 0.632. The van der Waals surface area contributed by atoms with Gasteiger partial charge in [0.1, 0.15) is 0 Å². The zero-order valence-corrected chi connectivity index (χ0v) is 8.88. The maximum Gasteiger partial charge on any atom is 0.355 e. The van der Waals surface area contributed by atoms with Crippen molar-refractivity contribution in [2.45, 2.75) is 6.92 Å². The standard InChI is InChI=1S/C11H8N2O4/c1-6-2-3-7-8(10(6)13(16)17)4-5-12-9(7)11(14)15/h2-5H,1H3,(H,14,15). The maximum atomic E-state index is 11.0. The van der Waals surface area contributed by atoms with Crippen LogP contribution in [0.25, 0.3) is 10.8 Å². The molecule has 0 saturated heterocycles. The van der Waals surface area contributed by atoms with Crippen molar-refractivity contribution >= 4 is 22.4 Å². The third-order valence-electron chi connectivity index (χ3n) is 2.50. The molecular weight excluding hydrogens is 224 g/mol. The minimum Gasteiger partial charge on any atom is -0.476 e. The molecule has 0 unspecified atom stereocenters. The van der Waals surface area contributed by atoms with Gasteiger partial charge < -0.3 is 5.11 Å². The number of carboxylic acids is 1. The van der Waals surface area contributed by atoms with Crippen LogP contribution in [-0.2, 0) is 0 Å². The fraction of sp³-hybridized carbons (Fsp3) is 0.0909. The molecule has 6 heteroatoms. The van der Waals surface area contributed by atoms with E-state index in [0.29, 0.717) is 10.9 Å². The van der Waals surface area contributed by atoms with Crippen LogP contribution in [0.15, 0.2) is 24.4 Å². The highest BCUT2D eigenvalue weighted by atomic mass is 16.6. The third kappa shape index (κ3) is 1.69. The monoisotopic (exact) mass is 232 g/mol. The van der Waals surface area contributed by atoms with Crippen LogP contribution in [0.5, 0.6) is 0 Å². The van der Waals surface area contributed by atoms with Gasteiger partial charge in [-0.3, -0.25) is 10.1 Å². The number of nitro benzene ring substituents is 1. The van der Waals surface area contributed by atoms with Gasteiger partial charge in [-0.25, -0.2) is 9.78 Å². The summed E-state index contributed by atoms with van der Waals surface area (Å²) >= 11 is 0. The summed E-state index contributed by atoms with van der Waals surface area (Å²) in [6.07, 6.45) is 1.26. The molecule has 2 rings (SSSR count). The summed E-state index contributed by atoms with van der Waals surface area (Å²) in [5, 5.41) is 20.5. The van der Waals surface area contributed by atoms with E-state index in [4.69, 9.17) is 5.11 Å². The van der Waals surface area contributed by atoms with E-state index in [2.05, 4.69) is 4.98 Å². The summed E-state index contributed by atoms with van der Waals surface area (Å²) in [5.74, 6) is -1.20. The van der Waals surface area contributed by atoms with Crippen LogP contribution in [0.2, 0.25) is 0 Å². The molecule has 0 fully saturated rings. The van der Waals surface area contributed by atoms with Crippen LogP contribution in [0.1, 0.15) is 16.1 Å². The molecule has 0 saturated carbocycles. The molecule has 6 nitrogen and oxygen atoms in total. The Morgan fingerprint density at radius 1 is 1.35 bits per heavy atom. The van der Waals surface area contributed by atoms with E-state index in [-0.39, 0.29) is 16.8 Å². The Balaban J connectivity index is 2.93. The first-order chi connectivity index (χ1) is 8.02. The van der Waals surface area contributed by atoms with Gasteiger partial charge in [0.2, 0.25) is 0 Å². The second-order valence-corrected chi connectivity index (χ2v) is 3.55. The molecule has 0 amide bonds. The van der Waals surface area contributed by atoms with E-state index in [9.17, 15) is 14.9 Å². The summed E-state index contributed by atoms with van der Waals surface area (Å²) < 4.78 is 0. The number of carbonyl (C=O) groups is 1. The van der Waals surface area contributed by atoms with Gasteiger partial charge in [-0.05, 0) is 13.0 Å². The van der Waals surface area contributed by atoms with Crippen molar-refractivity contribution in [3.05, 3.63) is 45.8 Å². The number of hydrogen-bond acceptors (Lipinski definition) is 4. The Labute approximate surface area is 95.7 Å². The lowest BCUT2D eigenvalue weighted by Crippen LogP contribution is -2.02. The van der Waals surface area contributed by atoms with Gasteiger partial charge >= 0.3 is 5.97 Å². The molecule has 2 aromatic rings. The van der Waals surface area contributed by atoms with Gasteiger partial charge in [0.05, 0.1) is 10.3 Å². The molecule has 0 radical (unpaired) electrons. The minimum atomic E-state index is -1.20. The molecule has 0 aliphatic heterocycles. The smallest absolute Gasteiger partial charge is 0.355 e. The molecule has 1 heterocycles. The van der Waals surface area contributed by atoms with E-state index < -0.39 is 10.9 Å². The largest absolute Gasteiger partial charge is 0.476 e. The fourth-order valence-electron chi connectivity index (χ4n) is 1.76. The highest BCUT2D eigenvalue weighted by Gasteiger charge is 2.19. The molecular formula is C11H8N2O4. The van der Waals surface area contributed by atoms with Crippen molar-refractivity contribution in [3.63, 3.8) is 0 Å². The molecule has 0 bridgehead atoms. The summed E-state index contributed by atoms with van der Waals surface area (Å²) in [4.78, 5) is 25.1. The lowest BCUT2D eigenvalue weighted by molar-refractivity contribution is -0.383. The number of rotatable bonds is 2. The molecule has 1 aromatic heterocycles. The van der Waals surface area contributed by atoms with Crippen molar-refractivity contribution < 1.29 is 14.8 Å². The molecule has 0 atom stereocenters. The van der Waals surface area contributed by atoms with Crippen LogP contribution in [-0.4, -0.2) is 21.0 Å². The molecule has 86 valence electrons. The summed E-state index contributed by atoms with van der Waals surface area (Å²) in [6, 6.07) is 4.51. The molecule has 1 N–H and O–H groups in total. The summed E-state index contributed by atoms with van der Waals surface area (Å²) in [7, 11) is 0. The Hall–Kier alpha value is -2.50. The number of fused-ring (bicyclic) bond motifs is 1. The topological polar surface area (TPSA) is 93.3 Å². The summed E-state index contributed by atoms with van der Waals surface area (Å²) in [6.45, 7) is 1.61. The van der Waals surface area contributed by atoms with E-state index in [1.165, 1.54) is 24.4 Å². The van der Waals surface area contributed by atoms with E-state index in [0.717, 1.165) is 0 Å². The fourth-order valence-corrected chi connectivity index (χ4v) is 1.76. The van der Waals surface area contributed by atoms with Gasteiger partial charge in [-0.1, -0.05) is 12.1 Å². The predicted molar refractivity (Wildman–Crippen MR) is 60.1 cm³/mol. The average Bonchev–Trinajstić information content (AvgIpc) is 2.26. The number of carboxylic acid groups (broad SMARTS) is 1. The van der Waals surface area contributed by atoms with Gasteiger partial charge in [0.15, 0.2) is 5.69 Å². The second-order valence-electron chi connectivity index (χ2n) is 3.55. The molecule has 0 spiro atoms. The first-order valence-electron chi connectivity index (χ1n) is 4.78. The third-order valence-corrected chi connectivity index (χ3v) is 2.50. The Bertz CT molecular complexity index is 637. The number of benzene rings is 1. The van der Waals surface area contributed by atoms with Gasteiger partial charge in [0.25, 0.3) is 5.69 Å². The van der Waals surface area contributed by atoms with E-state index >= 15 is 0 Å². The van der Waals surface area contributed by atoms with Crippen molar-refractivity contribution in [2.24, 2.45) is 0 Å². The Morgan fingerprint density at radius 2 is 2.06 bits per heavy atom. The van der Waals surface area contributed by atoms with E-state index in [1.807, 2.05) is 0 Å². The predicted octanol–water partition coefficient (Wildman–Crippen LogP) is 2.15. The van der Waals surface area contributed by atoms with Crippen LogP contribution in [0.3, 0.4) is 0 Å². The van der Waals surface area contributed by atoms with Crippen molar-refractivity contribution in [1.82, 2.24) is 4.98 Å². The number of nitrogens with zero attached hydrogens (tertiary/aromatic N) is 2. The highest BCUT2D eigenvalue weighted by Crippen LogP contribution is 2.30. The molecule has 1 aromatic carbocycles. The zero-order chi connectivity index (χ0) is 12.6. The average molecular weight is 232 g/mol. The first-order valence-corrected chi connectivity index (χ1v) is 4.78. The maximum absolute atomic E-state index is 11.0. The molecule has 0 aliphatic rings. The number of aromatic nitrogens is 1. The van der Waals surface area contributed by atoms with Gasteiger partial charge in [-0.2, -0.15) is 0 Å². The first kappa shape index (κ1) is 11.0. The van der Waals surface area contributed by atoms with Crippen LogP contribution in [0, 0.1) is 17.0 Å². The SMILES string of the molecule is Cc1ccc2c(C(=O)O)nccc2c1[N+](=O)[O-]. The Morgan fingerprint density at radius 3 is 2.65 bits per heavy atom. The second kappa shape index (κ2) is 3.82. The van der Waals surface area contributed by atoms with Crippen molar-refractivity contribution in [3.8, 4) is 0 Å². The summed E-state index contributed by atoms with van der Waals surface area (Å²) in [5.41, 5.74) is 0.239. The van der Waals surface area contributed by atoms with Gasteiger partial charge in [0, 0.05) is 17.1 Å². The highest BCUT2D eigenvalue weighted by molar-refractivity contribution is 6.04. The number of nitro groups is 1. The molecule has 17 heavy (non-hydrogen) atoms. The molecule has 0 aliphatic carbocycles. The minimum absolute atomic E-state index is 0.0765. The number of aromatic carboxylic acids is 1. The number of hydrogen-bond donors (Lipinski definition) is 1. The zero-order valence-electron chi connectivity index (χ0n) is 8.88. The van der Waals surface area contributed by atoms with Gasteiger partial charge in [-0.15, -0.1) is 0 Å². The van der Waals surface area contributed by atoms with Crippen LogP contribution < -0.4 is 0 Å². The van der Waals surface area contributed by atoms with E-state index in [1.54, 1.807) is 6.92 Å². The normalized spacial score (nSPS) is 10.4. The lowest BCUT2D eigenvalue weighted by Gasteiger charge is -2.04. The van der Waals surface area contributed by atoms with Crippen molar-refractivity contribution in [2.75, 3.05) is 0 Å². The number of aryl methyl sites for hydroxylation is 1. The van der Waals surface area contributed by atoms with Crippen LogP contribution >= 0.6 is 0 Å².